The molecule has 0 atom stereocenters. The molecular formula is C12H16N2O2S. The monoisotopic (exact) mass is 252 g/mol. The fourth-order valence-corrected chi connectivity index (χ4v) is 2.04. The Balaban J connectivity index is 2.51. The van der Waals surface area contributed by atoms with Crippen LogP contribution in [-0.2, 0) is 16.4 Å². The van der Waals surface area contributed by atoms with E-state index in [1.54, 1.807) is 12.1 Å². The molecule has 0 aliphatic rings. The van der Waals surface area contributed by atoms with E-state index in [0.717, 1.165) is 5.56 Å². The van der Waals surface area contributed by atoms with Gasteiger partial charge in [0.1, 0.15) is 9.84 Å². The van der Waals surface area contributed by atoms with Gasteiger partial charge in [0.15, 0.2) is 0 Å². The molecule has 0 aromatic heterocycles. The lowest BCUT2D eigenvalue weighted by atomic mass is 10.1. The van der Waals surface area contributed by atoms with E-state index in [2.05, 4.69) is 6.07 Å². The SMILES string of the molecule is CN(CCS(C)(=O)=O)Cc1ccc(C#N)cc1. The second kappa shape index (κ2) is 5.80. The lowest BCUT2D eigenvalue weighted by Gasteiger charge is -2.15. The van der Waals surface area contributed by atoms with E-state index in [0.29, 0.717) is 18.7 Å². The van der Waals surface area contributed by atoms with Gasteiger partial charge in [0.05, 0.1) is 17.4 Å². The summed E-state index contributed by atoms with van der Waals surface area (Å²) in [6.07, 6.45) is 1.24. The Bertz CT molecular complexity index is 500. The van der Waals surface area contributed by atoms with Crippen molar-refractivity contribution in [3.8, 4) is 6.07 Å². The van der Waals surface area contributed by atoms with Crippen molar-refractivity contribution in [3.63, 3.8) is 0 Å². The van der Waals surface area contributed by atoms with Gasteiger partial charge in [0, 0.05) is 19.3 Å². The van der Waals surface area contributed by atoms with Crippen LogP contribution in [0.25, 0.3) is 0 Å². The Morgan fingerprint density at radius 3 is 2.35 bits per heavy atom. The largest absolute Gasteiger partial charge is 0.301 e. The molecule has 0 bridgehead atoms. The van der Waals surface area contributed by atoms with Crippen LogP contribution in [0, 0.1) is 11.3 Å². The Kier molecular flexibility index (Phi) is 4.67. The Hall–Kier alpha value is -1.38. The zero-order valence-corrected chi connectivity index (χ0v) is 10.9. The van der Waals surface area contributed by atoms with Crippen LogP contribution in [0.2, 0.25) is 0 Å². The highest BCUT2D eigenvalue weighted by Crippen LogP contribution is 2.05. The third kappa shape index (κ3) is 5.48. The van der Waals surface area contributed by atoms with Gasteiger partial charge in [-0.2, -0.15) is 5.26 Å². The van der Waals surface area contributed by atoms with Gasteiger partial charge in [-0.1, -0.05) is 12.1 Å². The molecule has 17 heavy (non-hydrogen) atoms. The van der Waals surface area contributed by atoms with E-state index in [9.17, 15) is 8.42 Å². The average molecular weight is 252 g/mol. The van der Waals surface area contributed by atoms with Gasteiger partial charge in [-0.05, 0) is 24.7 Å². The average Bonchev–Trinajstić information content (AvgIpc) is 2.27. The van der Waals surface area contributed by atoms with Crippen molar-refractivity contribution in [2.24, 2.45) is 0 Å². The zero-order chi connectivity index (χ0) is 12.9. The molecule has 92 valence electrons. The summed E-state index contributed by atoms with van der Waals surface area (Å²) < 4.78 is 22.0. The first-order valence-corrected chi connectivity index (χ1v) is 7.32. The number of rotatable bonds is 5. The van der Waals surface area contributed by atoms with E-state index in [1.807, 2.05) is 24.1 Å². The fourth-order valence-electron chi connectivity index (χ4n) is 1.40. The standard InChI is InChI=1S/C12H16N2O2S/c1-14(7-8-17(2,15)16)10-12-5-3-11(9-13)4-6-12/h3-6H,7-8,10H2,1-2H3. The molecule has 0 fully saturated rings. The zero-order valence-electron chi connectivity index (χ0n) is 10.0. The number of sulfone groups is 1. The molecule has 0 aliphatic carbocycles. The normalized spacial score (nSPS) is 11.4. The van der Waals surface area contributed by atoms with E-state index < -0.39 is 9.84 Å². The summed E-state index contributed by atoms with van der Waals surface area (Å²) in [7, 11) is -1.03. The van der Waals surface area contributed by atoms with Gasteiger partial charge in [-0.25, -0.2) is 8.42 Å². The molecule has 0 radical (unpaired) electrons. The van der Waals surface area contributed by atoms with Crippen molar-refractivity contribution < 1.29 is 8.42 Å². The third-order valence-electron chi connectivity index (χ3n) is 2.38. The molecule has 4 nitrogen and oxygen atoms in total. The molecule has 1 aromatic carbocycles. The second-order valence-corrected chi connectivity index (χ2v) is 6.44. The van der Waals surface area contributed by atoms with Crippen LogP contribution >= 0.6 is 0 Å². The number of nitrogens with zero attached hydrogens (tertiary/aromatic N) is 2. The van der Waals surface area contributed by atoms with Crippen molar-refractivity contribution in [1.29, 1.82) is 5.26 Å². The third-order valence-corrected chi connectivity index (χ3v) is 3.30. The lowest BCUT2D eigenvalue weighted by Crippen LogP contribution is -2.24. The number of nitriles is 1. The summed E-state index contributed by atoms with van der Waals surface area (Å²) in [5.74, 6) is 0.166. The van der Waals surface area contributed by atoms with Gasteiger partial charge < -0.3 is 4.90 Å². The van der Waals surface area contributed by atoms with Crippen molar-refractivity contribution in [2.45, 2.75) is 6.54 Å². The van der Waals surface area contributed by atoms with Crippen molar-refractivity contribution in [3.05, 3.63) is 35.4 Å². The van der Waals surface area contributed by atoms with Crippen LogP contribution in [0.4, 0.5) is 0 Å². The maximum atomic E-state index is 11.0. The molecule has 0 N–H and O–H groups in total. The van der Waals surface area contributed by atoms with Crippen LogP contribution < -0.4 is 0 Å². The van der Waals surface area contributed by atoms with Crippen LogP contribution in [0.5, 0.6) is 0 Å². The van der Waals surface area contributed by atoms with E-state index in [-0.39, 0.29) is 5.75 Å². The topological polar surface area (TPSA) is 61.2 Å². The van der Waals surface area contributed by atoms with Crippen LogP contribution in [0.15, 0.2) is 24.3 Å². The predicted octanol–water partition coefficient (Wildman–Crippen LogP) is 1.03. The first-order valence-electron chi connectivity index (χ1n) is 5.26. The summed E-state index contributed by atoms with van der Waals surface area (Å²) in [6, 6.07) is 9.36. The smallest absolute Gasteiger partial charge is 0.148 e. The predicted molar refractivity (Wildman–Crippen MR) is 67.2 cm³/mol. The molecule has 0 amide bonds. The summed E-state index contributed by atoms with van der Waals surface area (Å²) in [5.41, 5.74) is 1.70. The summed E-state index contributed by atoms with van der Waals surface area (Å²) in [6.45, 7) is 1.19. The van der Waals surface area contributed by atoms with E-state index in [1.165, 1.54) is 6.26 Å². The van der Waals surface area contributed by atoms with E-state index >= 15 is 0 Å². The molecular weight excluding hydrogens is 236 g/mol. The summed E-state index contributed by atoms with van der Waals surface area (Å²) in [4.78, 5) is 1.95. The fraction of sp³-hybridized carbons (Fsp3) is 0.417. The Morgan fingerprint density at radius 1 is 1.29 bits per heavy atom. The Morgan fingerprint density at radius 2 is 1.88 bits per heavy atom. The summed E-state index contributed by atoms with van der Waals surface area (Å²) in [5, 5.41) is 8.66. The number of hydrogen-bond acceptors (Lipinski definition) is 4. The highest BCUT2D eigenvalue weighted by Gasteiger charge is 2.06. The molecule has 0 saturated heterocycles. The molecule has 0 saturated carbocycles. The first-order chi connectivity index (χ1) is 7.90. The minimum atomic E-state index is -2.91. The van der Waals surface area contributed by atoms with Crippen LogP contribution in [-0.4, -0.2) is 38.9 Å². The van der Waals surface area contributed by atoms with Gasteiger partial charge in [0.25, 0.3) is 0 Å². The number of hydrogen-bond donors (Lipinski definition) is 0. The molecule has 1 rings (SSSR count). The van der Waals surface area contributed by atoms with Crippen molar-refractivity contribution >= 4 is 9.84 Å². The Labute approximate surface area is 102 Å². The molecule has 0 unspecified atom stereocenters. The van der Waals surface area contributed by atoms with Crippen molar-refractivity contribution in [2.75, 3.05) is 25.6 Å². The highest BCUT2D eigenvalue weighted by atomic mass is 32.2. The minimum absolute atomic E-state index is 0.166. The quantitative estimate of drug-likeness (QED) is 0.785. The van der Waals surface area contributed by atoms with Gasteiger partial charge in [0.2, 0.25) is 0 Å². The lowest BCUT2D eigenvalue weighted by molar-refractivity contribution is 0.346. The van der Waals surface area contributed by atoms with Gasteiger partial charge in [-0.3, -0.25) is 0 Å². The van der Waals surface area contributed by atoms with Crippen LogP contribution in [0.1, 0.15) is 11.1 Å². The molecule has 0 heterocycles. The molecule has 0 spiro atoms. The summed E-state index contributed by atoms with van der Waals surface area (Å²) >= 11 is 0. The highest BCUT2D eigenvalue weighted by molar-refractivity contribution is 7.90. The van der Waals surface area contributed by atoms with E-state index in [4.69, 9.17) is 5.26 Å². The molecule has 5 heteroatoms. The maximum Gasteiger partial charge on any atom is 0.148 e. The van der Waals surface area contributed by atoms with Crippen LogP contribution in [0.3, 0.4) is 0 Å². The maximum absolute atomic E-state index is 11.0. The van der Waals surface area contributed by atoms with Gasteiger partial charge in [-0.15, -0.1) is 0 Å². The molecule has 0 aliphatic heterocycles. The number of benzene rings is 1. The van der Waals surface area contributed by atoms with Gasteiger partial charge >= 0.3 is 0 Å². The first kappa shape index (κ1) is 13.7. The molecule has 1 aromatic rings. The second-order valence-electron chi connectivity index (χ2n) is 4.18. The minimum Gasteiger partial charge on any atom is -0.301 e. The van der Waals surface area contributed by atoms with Crippen molar-refractivity contribution in [1.82, 2.24) is 4.90 Å².